The quantitative estimate of drug-likeness (QED) is 0.628. The minimum atomic E-state index is 0.265. The summed E-state index contributed by atoms with van der Waals surface area (Å²) in [5.74, 6) is 0.814. The van der Waals surface area contributed by atoms with Gasteiger partial charge < -0.3 is 4.90 Å². The van der Waals surface area contributed by atoms with Crippen LogP contribution in [0.3, 0.4) is 0 Å². The Hall–Kier alpha value is -0.480. The Bertz CT molecular complexity index is 371. The van der Waals surface area contributed by atoms with E-state index in [0.29, 0.717) is 11.8 Å². The molecule has 0 N–H and O–H groups in total. The molecule has 1 aromatic rings. The molecule has 17 heavy (non-hydrogen) atoms. The van der Waals surface area contributed by atoms with Crippen molar-refractivity contribution in [3.05, 3.63) is 30.3 Å². The standard InChI is InChI=1S/C13H16BrNOS/c14-9-11-5-4-8-15(11)13(16)10-17-12-6-2-1-3-7-12/h1-3,6-7,11H,4-5,8-10H2. The molecule has 2 rings (SSSR count). The van der Waals surface area contributed by atoms with Crippen molar-refractivity contribution < 1.29 is 4.79 Å². The number of thioether (sulfide) groups is 1. The molecular formula is C13H16BrNOS. The highest BCUT2D eigenvalue weighted by molar-refractivity contribution is 9.09. The third kappa shape index (κ3) is 3.49. The van der Waals surface area contributed by atoms with E-state index in [1.165, 1.54) is 0 Å². The molecule has 1 aliphatic heterocycles. The number of halogens is 1. The Morgan fingerprint density at radius 1 is 1.41 bits per heavy atom. The number of alkyl halides is 1. The lowest BCUT2D eigenvalue weighted by molar-refractivity contribution is -0.128. The first kappa shape index (κ1) is 13.0. The number of hydrogen-bond donors (Lipinski definition) is 0. The Labute approximate surface area is 115 Å². The first-order valence-electron chi connectivity index (χ1n) is 5.84. The molecule has 0 radical (unpaired) electrons. The summed E-state index contributed by atoms with van der Waals surface area (Å²) < 4.78 is 0. The fourth-order valence-electron chi connectivity index (χ4n) is 2.07. The third-order valence-corrected chi connectivity index (χ3v) is 4.73. The smallest absolute Gasteiger partial charge is 0.233 e. The average Bonchev–Trinajstić information content (AvgIpc) is 2.85. The second-order valence-electron chi connectivity index (χ2n) is 4.14. The molecule has 1 atom stereocenters. The number of amides is 1. The highest BCUT2D eigenvalue weighted by atomic mass is 79.9. The van der Waals surface area contributed by atoms with Gasteiger partial charge in [0.15, 0.2) is 0 Å². The van der Waals surface area contributed by atoms with Crippen molar-refractivity contribution >= 4 is 33.6 Å². The maximum Gasteiger partial charge on any atom is 0.233 e. The van der Waals surface area contributed by atoms with Crippen molar-refractivity contribution in [2.24, 2.45) is 0 Å². The second kappa shape index (κ2) is 6.45. The number of nitrogens with zero attached hydrogens (tertiary/aromatic N) is 1. The molecule has 0 aromatic heterocycles. The summed E-state index contributed by atoms with van der Waals surface area (Å²) in [6.07, 6.45) is 2.27. The highest BCUT2D eigenvalue weighted by Gasteiger charge is 2.27. The lowest BCUT2D eigenvalue weighted by atomic mass is 10.2. The van der Waals surface area contributed by atoms with Crippen LogP contribution in [0.4, 0.5) is 0 Å². The first-order chi connectivity index (χ1) is 8.31. The summed E-state index contributed by atoms with van der Waals surface area (Å²) in [5.41, 5.74) is 0. The van der Waals surface area contributed by atoms with Gasteiger partial charge in [0.25, 0.3) is 0 Å². The van der Waals surface area contributed by atoms with Crippen LogP contribution in [0.5, 0.6) is 0 Å². The molecule has 0 saturated carbocycles. The minimum Gasteiger partial charge on any atom is -0.338 e. The van der Waals surface area contributed by atoms with Crippen molar-refractivity contribution in [1.29, 1.82) is 0 Å². The number of carbonyl (C=O) groups excluding carboxylic acids is 1. The predicted molar refractivity (Wildman–Crippen MR) is 75.7 cm³/mol. The van der Waals surface area contributed by atoms with Gasteiger partial charge in [-0.25, -0.2) is 0 Å². The Kier molecular flexibility index (Phi) is 4.92. The summed E-state index contributed by atoms with van der Waals surface area (Å²) in [7, 11) is 0. The molecule has 0 spiro atoms. The highest BCUT2D eigenvalue weighted by Crippen LogP contribution is 2.22. The molecule has 1 fully saturated rings. The third-order valence-electron chi connectivity index (χ3n) is 2.98. The number of likely N-dealkylation sites (tertiary alicyclic amines) is 1. The Balaban J connectivity index is 1.85. The van der Waals surface area contributed by atoms with E-state index in [0.717, 1.165) is 29.6 Å². The van der Waals surface area contributed by atoms with Crippen molar-refractivity contribution in [1.82, 2.24) is 4.90 Å². The van der Waals surface area contributed by atoms with E-state index in [1.54, 1.807) is 11.8 Å². The topological polar surface area (TPSA) is 20.3 Å². The van der Waals surface area contributed by atoms with E-state index < -0.39 is 0 Å². The van der Waals surface area contributed by atoms with Crippen molar-refractivity contribution in [3.63, 3.8) is 0 Å². The molecule has 1 aliphatic rings. The van der Waals surface area contributed by atoms with Crippen LogP contribution in [0.25, 0.3) is 0 Å². The molecule has 1 amide bonds. The van der Waals surface area contributed by atoms with Gasteiger partial charge in [0.05, 0.1) is 5.75 Å². The van der Waals surface area contributed by atoms with Crippen LogP contribution >= 0.6 is 27.7 Å². The summed E-state index contributed by atoms with van der Waals surface area (Å²) in [6, 6.07) is 10.5. The van der Waals surface area contributed by atoms with E-state index in [1.807, 2.05) is 35.2 Å². The zero-order chi connectivity index (χ0) is 12.1. The number of hydrogen-bond acceptors (Lipinski definition) is 2. The molecule has 4 heteroatoms. The molecule has 92 valence electrons. The van der Waals surface area contributed by atoms with Crippen LogP contribution in [0.15, 0.2) is 35.2 Å². The van der Waals surface area contributed by atoms with Crippen LogP contribution in [0, 0.1) is 0 Å². The zero-order valence-corrected chi connectivity index (χ0v) is 12.0. The van der Waals surface area contributed by atoms with Crippen LogP contribution in [-0.2, 0) is 4.79 Å². The van der Waals surface area contributed by atoms with E-state index in [2.05, 4.69) is 15.9 Å². The SMILES string of the molecule is O=C(CSc1ccccc1)N1CCCC1CBr. The van der Waals surface area contributed by atoms with Gasteiger partial charge >= 0.3 is 0 Å². The Morgan fingerprint density at radius 2 is 2.18 bits per heavy atom. The summed E-state index contributed by atoms with van der Waals surface area (Å²) in [4.78, 5) is 15.3. The summed E-state index contributed by atoms with van der Waals surface area (Å²) in [6.45, 7) is 0.921. The van der Waals surface area contributed by atoms with E-state index in [9.17, 15) is 4.79 Å². The fourth-order valence-corrected chi connectivity index (χ4v) is 3.55. The average molecular weight is 314 g/mol. The maximum atomic E-state index is 12.1. The molecule has 1 unspecified atom stereocenters. The monoisotopic (exact) mass is 313 g/mol. The van der Waals surface area contributed by atoms with Gasteiger partial charge in [-0.15, -0.1) is 11.8 Å². The second-order valence-corrected chi connectivity index (χ2v) is 5.84. The van der Waals surface area contributed by atoms with Crippen LogP contribution in [0.2, 0.25) is 0 Å². The first-order valence-corrected chi connectivity index (χ1v) is 7.95. The van der Waals surface area contributed by atoms with Crippen LogP contribution in [0.1, 0.15) is 12.8 Å². The molecule has 0 aliphatic carbocycles. The van der Waals surface area contributed by atoms with Gasteiger partial charge in [0.1, 0.15) is 0 Å². The van der Waals surface area contributed by atoms with Gasteiger partial charge in [-0.3, -0.25) is 4.79 Å². The summed E-state index contributed by atoms with van der Waals surface area (Å²) in [5, 5.41) is 0.898. The van der Waals surface area contributed by atoms with Crippen LogP contribution < -0.4 is 0 Å². The molecule has 1 saturated heterocycles. The summed E-state index contributed by atoms with van der Waals surface area (Å²) >= 11 is 5.10. The van der Waals surface area contributed by atoms with Crippen molar-refractivity contribution in [2.45, 2.75) is 23.8 Å². The minimum absolute atomic E-state index is 0.265. The molecule has 1 aromatic carbocycles. The number of benzene rings is 1. The molecule has 2 nitrogen and oxygen atoms in total. The lowest BCUT2D eigenvalue weighted by Gasteiger charge is -2.22. The van der Waals surface area contributed by atoms with Crippen LogP contribution in [-0.4, -0.2) is 34.5 Å². The number of rotatable bonds is 4. The fraction of sp³-hybridized carbons (Fsp3) is 0.462. The molecule has 0 bridgehead atoms. The lowest BCUT2D eigenvalue weighted by Crippen LogP contribution is -2.37. The largest absolute Gasteiger partial charge is 0.338 e. The number of carbonyl (C=O) groups is 1. The van der Waals surface area contributed by atoms with Gasteiger partial charge in [0, 0.05) is 22.8 Å². The maximum absolute atomic E-state index is 12.1. The molecular weight excluding hydrogens is 298 g/mol. The Morgan fingerprint density at radius 3 is 2.88 bits per heavy atom. The normalized spacial score (nSPS) is 19.6. The van der Waals surface area contributed by atoms with Crippen molar-refractivity contribution in [3.8, 4) is 0 Å². The van der Waals surface area contributed by atoms with E-state index in [4.69, 9.17) is 0 Å². The van der Waals surface area contributed by atoms with E-state index >= 15 is 0 Å². The van der Waals surface area contributed by atoms with Crippen molar-refractivity contribution in [2.75, 3.05) is 17.6 Å². The van der Waals surface area contributed by atoms with Gasteiger partial charge in [0.2, 0.25) is 5.91 Å². The zero-order valence-electron chi connectivity index (χ0n) is 9.64. The predicted octanol–water partition coefficient (Wildman–Crippen LogP) is 3.16. The van der Waals surface area contributed by atoms with Gasteiger partial charge in [-0.05, 0) is 25.0 Å². The van der Waals surface area contributed by atoms with E-state index in [-0.39, 0.29) is 5.91 Å². The van der Waals surface area contributed by atoms with Gasteiger partial charge in [-0.2, -0.15) is 0 Å². The van der Waals surface area contributed by atoms with Gasteiger partial charge in [-0.1, -0.05) is 34.1 Å². The molecule has 1 heterocycles.